The van der Waals surface area contributed by atoms with E-state index < -0.39 is 0 Å². The molecule has 3 aromatic rings. The largest absolute Gasteiger partial charge is 0.345 e. The summed E-state index contributed by atoms with van der Waals surface area (Å²) < 4.78 is 1.81. The van der Waals surface area contributed by atoms with Crippen molar-refractivity contribution in [3.8, 4) is 11.1 Å². The number of nitrogens with one attached hydrogen (secondary N) is 1. The number of aryl methyl sites for hydroxylation is 1. The Labute approximate surface area is 160 Å². The van der Waals surface area contributed by atoms with Gasteiger partial charge < -0.3 is 10.2 Å². The lowest BCUT2D eigenvalue weighted by Crippen LogP contribution is -2.22. The first kappa shape index (κ1) is 18.9. The fraction of sp³-hybridized carbons (Fsp3) is 0.273. The van der Waals surface area contributed by atoms with Crippen LogP contribution in [0.2, 0.25) is 0 Å². The van der Waals surface area contributed by atoms with Gasteiger partial charge in [-0.15, -0.1) is 0 Å². The van der Waals surface area contributed by atoms with E-state index >= 15 is 0 Å². The number of carbonyl (C=O) groups excluding carboxylic acids is 1. The third-order valence-corrected chi connectivity index (χ3v) is 4.64. The fourth-order valence-corrected chi connectivity index (χ4v) is 2.99. The summed E-state index contributed by atoms with van der Waals surface area (Å²) in [5.74, 6) is 0.0226. The van der Waals surface area contributed by atoms with E-state index in [1.807, 2.05) is 48.4 Å². The van der Waals surface area contributed by atoms with Crippen LogP contribution in [0.25, 0.3) is 11.1 Å². The minimum Gasteiger partial charge on any atom is -0.345 e. The van der Waals surface area contributed by atoms with E-state index in [4.69, 9.17) is 0 Å². The summed E-state index contributed by atoms with van der Waals surface area (Å²) in [4.78, 5) is 13.6. The summed E-state index contributed by atoms with van der Waals surface area (Å²) in [5, 5.41) is 7.80. The van der Waals surface area contributed by atoms with Crippen molar-refractivity contribution in [2.75, 3.05) is 14.1 Å². The van der Waals surface area contributed by atoms with Crippen molar-refractivity contribution in [3.05, 3.63) is 77.6 Å². The molecule has 0 saturated heterocycles. The van der Waals surface area contributed by atoms with E-state index in [-0.39, 0.29) is 11.9 Å². The van der Waals surface area contributed by atoms with Gasteiger partial charge in [0.2, 0.25) is 0 Å². The minimum atomic E-state index is 0.0226. The summed E-state index contributed by atoms with van der Waals surface area (Å²) in [6.45, 7) is 2.90. The number of carbonyl (C=O) groups is 1. The fourth-order valence-electron chi connectivity index (χ4n) is 2.99. The van der Waals surface area contributed by atoms with Gasteiger partial charge in [-0.1, -0.05) is 30.3 Å². The lowest BCUT2D eigenvalue weighted by atomic mass is 10.0. The number of hydrogen-bond donors (Lipinski definition) is 1. The molecule has 0 aliphatic rings. The molecule has 140 valence electrons. The summed E-state index contributed by atoms with van der Waals surface area (Å²) in [5.41, 5.74) is 5.38. The van der Waals surface area contributed by atoms with Gasteiger partial charge in [-0.25, -0.2) is 0 Å². The van der Waals surface area contributed by atoms with E-state index in [1.54, 1.807) is 19.0 Å². The van der Waals surface area contributed by atoms with Gasteiger partial charge in [-0.3, -0.25) is 9.48 Å². The van der Waals surface area contributed by atoms with E-state index in [0.29, 0.717) is 5.56 Å². The van der Waals surface area contributed by atoms with Crippen molar-refractivity contribution in [2.24, 2.45) is 7.05 Å². The average molecular weight is 362 g/mol. The van der Waals surface area contributed by atoms with Gasteiger partial charge in [-0.05, 0) is 41.8 Å². The molecule has 0 radical (unpaired) electrons. The van der Waals surface area contributed by atoms with Gasteiger partial charge in [-0.2, -0.15) is 5.10 Å². The third-order valence-electron chi connectivity index (χ3n) is 4.64. The van der Waals surface area contributed by atoms with Gasteiger partial charge in [0.15, 0.2) is 0 Å². The minimum absolute atomic E-state index is 0.0226. The second-order valence-corrected chi connectivity index (χ2v) is 7.03. The standard InChI is InChI=1S/C22H26N4O/c1-16(18-8-10-19(11-9-18)22(27)25(2)3)23-13-17-6-5-7-20(12-17)21-14-24-26(4)15-21/h5-12,14-16,23H,13H2,1-4H3. The maximum absolute atomic E-state index is 12.0. The van der Waals surface area contributed by atoms with Crippen LogP contribution in [0.5, 0.6) is 0 Å². The van der Waals surface area contributed by atoms with Gasteiger partial charge in [0.05, 0.1) is 6.20 Å². The summed E-state index contributed by atoms with van der Waals surface area (Å²) in [6.07, 6.45) is 3.90. The zero-order chi connectivity index (χ0) is 19.4. The van der Waals surface area contributed by atoms with Crippen LogP contribution in [-0.2, 0) is 13.6 Å². The Morgan fingerprint density at radius 3 is 2.52 bits per heavy atom. The predicted octanol–water partition coefficient (Wildman–Crippen LogP) is 3.64. The van der Waals surface area contributed by atoms with Crippen molar-refractivity contribution in [2.45, 2.75) is 19.5 Å². The Morgan fingerprint density at radius 1 is 1.15 bits per heavy atom. The number of benzene rings is 2. The smallest absolute Gasteiger partial charge is 0.253 e. The van der Waals surface area contributed by atoms with Crippen LogP contribution in [0, 0.1) is 0 Å². The molecule has 1 heterocycles. The number of aromatic nitrogens is 2. The molecule has 1 N–H and O–H groups in total. The highest BCUT2D eigenvalue weighted by molar-refractivity contribution is 5.93. The summed E-state index contributed by atoms with van der Waals surface area (Å²) >= 11 is 0. The number of amides is 1. The lowest BCUT2D eigenvalue weighted by molar-refractivity contribution is 0.0827. The highest BCUT2D eigenvalue weighted by Crippen LogP contribution is 2.20. The maximum atomic E-state index is 12.0. The van der Waals surface area contributed by atoms with Crippen LogP contribution in [0.4, 0.5) is 0 Å². The average Bonchev–Trinajstić information content (AvgIpc) is 3.12. The van der Waals surface area contributed by atoms with Gasteiger partial charge in [0, 0.05) is 51.1 Å². The molecule has 2 aromatic carbocycles. The van der Waals surface area contributed by atoms with Crippen LogP contribution in [0.1, 0.15) is 34.5 Å². The van der Waals surface area contributed by atoms with Crippen molar-refractivity contribution in [1.82, 2.24) is 20.0 Å². The molecular formula is C22H26N4O. The van der Waals surface area contributed by atoms with E-state index in [9.17, 15) is 4.79 Å². The van der Waals surface area contributed by atoms with Crippen molar-refractivity contribution in [3.63, 3.8) is 0 Å². The molecule has 0 aliphatic heterocycles. The summed E-state index contributed by atoms with van der Waals surface area (Å²) in [6, 6.07) is 16.5. The van der Waals surface area contributed by atoms with Gasteiger partial charge in [0.25, 0.3) is 5.91 Å². The molecule has 5 heteroatoms. The first-order valence-electron chi connectivity index (χ1n) is 9.07. The second kappa shape index (κ2) is 8.18. The zero-order valence-electron chi connectivity index (χ0n) is 16.3. The SMILES string of the molecule is CC(NCc1cccc(-c2cnn(C)c2)c1)c1ccc(C(=O)N(C)C)cc1. The second-order valence-electron chi connectivity index (χ2n) is 7.03. The molecule has 0 saturated carbocycles. The van der Waals surface area contributed by atoms with Crippen molar-refractivity contribution >= 4 is 5.91 Å². The van der Waals surface area contributed by atoms with Gasteiger partial charge >= 0.3 is 0 Å². The quantitative estimate of drug-likeness (QED) is 0.728. The van der Waals surface area contributed by atoms with E-state index in [1.165, 1.54) is 11.1 Å². The summed E-state index contributed by atoms with van der Waals surface area (Å²) in [7, 11) is 5.45. The first-order chi connectivity index (χ1) is 12.9. The Hall–Kier alpha value is -2.92. The number of nitrogens with zero attached hydrogens (tertiary/aromatic N) is 3. The third kappa shape index (κ3) is 4.63. The predicted molar refractivity (Wildman–Crippen MR) is 108 cm³/mol. The van der Waals surface area contributed by atoms with Crippen molar-refractivity contribution < 1.29 is 4.79 Å². The van der Waals surface area contributed by atoms with Crippen LogP contribution < -0.4 is 5.32 Å². The molecule has 1 amide bonds. The monoisotopic (exact) mass is 362 g/mol. The van der Waals surface area contributed by atoms with E-state index in [2.05, 4.69) is 41.6 Å². The van der Waals surface area contributed by atoms with Crippen LogP contribution in [-0.4, -0.2) is 34.7 Å². The van der Waals surface area contributed by atoms with Crippen molar-refractivity contribution in [1.29, 1.82) is 0 Å². The highest BCUT2D eigenvalue weighted by atomic mass is 16.2. The molecule has 0 bridgehead atoms. The molecule has 1 unspecified atom stereocenters. The lowest BCUT2D eigenvalue weighted by Gasteiger charge is -2.16. The highest BCUT2D eigenvalue weighted by Gasteiger charge is 2.10. The topological polar surface area (TPSA) is 50.2 Å². The maximum Gasteiger partial charge on any atom is 0.253 e. The Bertz CT molecular complexity index is 912. The molecule has 3 rings (SSSR count). The molecule has 27 heavy (non-hydrogen) atoms. The number of hydrogen-bond acceptors (Lipinski definition) is 3. The van der Waals surface area contributed by atoms with E-state index in [0.717, 1.165) is 17.7 Å². The zero-order valence-corrected chi connectivity index (χ0v) is 16.3. The van der Waals surface area contributed by atoms with Crippen LogP contribution in [0.15, 0.2) is 60.9 Å². The van der Waals surface area contributed by atoms with Crippen LogP contribution >= 0.6 is 0 Å². The Morgan fingerprint density at radius 2 is 1.89 bits per heavy atom. The molecule has 0 spiro atoms. The molecule has 0 aliphatic carbocycles. The first-order valence-corrected chi connectivity index (χ1v) is 9.07. The Kier molecular flexibility index (Phi) is 5.72. The molecule has 5 nitrogen and oxygen atoms in total. The Balaban J connectivity index is 1.64. The van der Waals surface area contributed by atoms with Gasteiger partial charge in [0.1, 0.15) is 0 Å². The van der Waals surface area contributed by atoms with Crippen LogP contribution in [0.3, 0.4) is 0 Å². The molecular weight excluding hydrogens is 336 g/mol. The molecule has 1 atom stereocenters. The molecule has 0 fully saturated rings. The number of rotatable bonds is 6. The normalized spacial score (nSPS) is 12.0. The molecule has 1 aromatic heterocycles.